The molecule has 14 rings (SSSR count). The van der Waals surface area contributed by atoms with Crippen molar-refractivity contribution in [2.45, 2.75) is 49.3 Å². The minimum Gasteiger partial charge on any atom is -0.508 e. The summed E-state index contributed by atoms with van der Waals surface area (Å²) in [5.41, 5.74) is 11.4. The fraction of sp³-hybridized carbons (Fsp3) is 0.216. The summed E-state index contributed by atoms with van der Waals surface area (Å²) >= 11 is 5.93. The Kier molecular flexibility index (Phi) is 27.3. The molecule has 2 aliphatic rings. The summed E-state index contributed by atoms with van der Waals surface area (Å²) in [6, 6.07) is 45.8. The molecule has 4 aromatic heterocycles. The van der Waals surface area contributed by atoms with Crippen molar-refractivity contribution in [2.24, 2.45) is 5.73 Å². The number of hydrogen-bond donors (Lipinski definition) is 3. The minimum absolute atomic E-state index is 0.189. The van der Waals surface area contributed by atoms with Gasteiger partial charge < -0.3 is 62.9 Å². The van der Waals surface area contributed by atoms with Crippen LogP contribution in [-0.2, 0) is 32.2 Å². The zero-order valence-electron chi connectivity index (χ0n) is 58.3. The number of fused-ring (bicyclic) bond motifs is 4. The highest BCUT2D eigenvalue weighted by atomic mass is 35.7. The fourth-order valence-corrected chi connectivity index (χ4v) is 12.3. The van der Waals surface area contributed by atoms with Crippen LogP contribution >= 0.6 is 22.3 Å². The molecule has 0 atom stereocenters. The number of ether oxygens (including phenoxy) is 11. The van der Waals surface area contributed by atoms with Crippen LogP contribution in [0.2, 0.25) is 5.15 Å². The lowest BCUT2D eigenvalue weighted by Gasteiger charge is -2.12. The van der Waals surface area contributed by atoms with E-state index in [9.17, 15) is 16.8 Å². The molecule has 0 unspecified atom stereocenters. The molecule has 0 bridgehead atoms. The van der Waals surface area contributed by atoms with Crippen molar-refractivity contribution >= 4 is 85.0 Å². The zero-order valence-corrected chi connectivity index (χ0v) is 61.4. The van der Waals surface area contributed by atoms with Gasteiger partial charge in [0, 0.05) is 53.4 Å². The Morgan fingerprint density at radius 2 is 0.736 bits per heavy atom. The highest BCUT2D eigenvalue weighted by molar-refractivity contribution is 8.14. The number of hydrogen-bond acceptors (Lipinski definition) is 27. The summed E-state index contributed by atoms with van der Waals surface area (Å²) in [5.74, 6) is 7.99. The Labute approximate surface area is 619 Å². The van der Waals surface area contributed by atoms with Crippen molar-refractivity contribution in [3.63, 3.8) is 0 Å². The molecule has 106 heavy (non-hydrogen) atoms. The van der Waals surface area contributed by atoms with Crippen molar-refractivity contribution in [1.82, 2.24) is 44.6 Å². The van der Waals surface area contributed by atoms with Crippen molar-refractivity contribution < 1.29 is 74.0 Å². The van der Waals surface area contributed by atoms with Crippen LogP contribution in [0.25, 0.3) is 43.6 Å². The number of nitrogens with zero attached hydrogens (tertiary/aromatic N) is 10. The average Bonchev–Trinajstić information content (AvgIpc) is 1.28. The summed E-state index contributed by atoms with van der Waals surface area (Å²) in [7, 11) is 11.1. The number of methoxy groups -OCH3 is 8. The molecule has 4 N–H and O–H groups in total. The largest absolute Gasteiger partial charge is 0.508 e. The third-order valence-corrected chi connectivity index (χ3v) is 19.7. The van der Waals surface area contributed by atoms with Gasteiger partial charge in [-0.15, -0.1) is 0 Å². The van der Waals surface area contributed by atoms with Gasteiger partial charge in [-0.1, -0.05) is 35.9 Å². The summed E-state index contributed by atoms with van der Waals surface area (Å²) in [6.07, 6.45) is 8.71. The van der Waals surface area contributed by atoms with E-state index in [0.717, 1.165) is 53.1 Å². The maximum Gasteiger partial charge on any atom is 0.235 e. The second-order valence-electron chi connectivity index (χ2n) is 22.4. The van der Waals surface area contributed by atoms with Gasteiger partial charge in [0.05, 0.1) is 129 Å². The van der Waals surface area contributed by atoms with Crippen LogP contribution in [0.4, 0.5) is 0 Å². The maximum absolute atomic E-state index is 11.9. The lowest BCUT2D eigenvalue weighted by atomic mass is 10.2. The number of aromatic nitrogens is 8. The third kappa shape index (κ3) is 21.2. The molecule has 32 heteroatoms. The predicted molar refractivity (Wildman–Crippen MR) is 397 cm³/mol. The van der Waals surface area contributed by atoms with Gasteiger partial charge in [-0.2, -0.15) is 10.5 Å². The standard InChI is InChI=1S/C20H21N3O5S.C17H17N3O3.C17H13N3O3.C10H9ClN2O2.C7H5NO.C3H5ClO2S/c1-26-18-9-16-17(10-19(18)27-2)21-12-22-20(16)28-14-5-3-13(4-6-14)11-23-29(24,25)15-7-8-15;2*1-21-15-7-13-14(8-16(15)22-2)19-10-20-17(13)23-12-5-3-11(9-18)4-6-12;1-14-8-3-6-7(4-9(8)15-2)12-5-13-10(6)11;8-5-6-1-3-7(9)4-2-6;4-7(5,6)3-1-2-3/h3-6,9-10,12,15,23H,7-8,11H2,1-2H3;3-8,10H,9,18H2,1-2H3;3-8,10H,1-2H3;3-5H,1-2H3;1-4,9H;3H,1-2H2. The van der Waals surface area contributed by atoms with E-state index in [2.05, 4.69) is 50.7 Å². The number of phenols is 1. The van der Waals surface area contributed by atoms with E-state index in [1.54, 1.807) is 154 Å². The molecule has 8 aromatic carbocycles. The van der Waals surface area contributed by atoms with Crippen molar-refractivity contribution in [2.75, 3.05) is 56.9 Å². The topological polar surface area (TPSA) is 379 Å². The van der Waals surface area contributed by atoms with E-state index in [-0.39, 0.29) is 22.8 Å². The Morgan fingerprint density at radius 1 is 0.434 bits per heavy atom. The Hall–Kier alpha value is -11.9. The third-order valence-electron chi connectivity index (χ3n) is 15.5. The molecule has 0 saturated heterocycles. The molecule has 12 aromatic rings. The minimum atomic E-state index is -3.20. The monoisotopic (exact) mass is 1520 g/mol. The number of halogens is 2. The van der Waals surface area contributed by atoms with Crippen LogP contribution in [0.15, 0.2) is 171 Å². The SMILES string of the molecule is COc1cc2ncnc(Cl)c2cc1OC.COc1cc2ncnc(Oc3ccc(C#N)cc3)c2cc1OC.COc1cc2ncnc(Oc3ccc(CN)cc3)c2cc1OC.COc1cc2ncnc(Oc3ccc(CNS(=O)(=O)C4CC4)cc3)c2cc1OC.N#Cc1ccc(O)cc1.O=S(=O)(Cl)C1CC1. The summed E-state index contributed by atoms with van der Waals surface area (Å²) in [6.45, 7) is 0.750. The zero-order chi connectivity index (χ0) is 75.9. The molecule has 0 spiro atoms. The van der Waals surface area contributed by atoms with Gasteiger partial charge in [0.2, 0.25) is 36.7 Å². The van der Waals surface area contributed by atoms with Crippen LogP contribution in [0.1, 0.15) is 47.9 Å². The van der Waals surface area contributed by atoms with E-state index >= 15 is 0 Å². The first-order chi connectivity index (χ1) is 51.2. The Morgan fingerprint density at radius 3 is 1.05 bits per heavy atom. The van der Waals surface area contributed by atoms with Crippen molar-refractivity contribution in [3.8, 4) is 98.8 Å². The van der Waals surface area contributed by atoms with E-state index in [1.807, 2.05) is 42.5 Å². The molecule has 0 amide bonds. The maximum atomic E-state index is 11.9. The van der Waals surface area contributed by atoms with Crippen molar-refractivity contribution in [1.29, 1.82) is 10.5 Å². The summed E-state index contributed by atoms with van der Waals surface area (Å²) < 4.78 is 107. The fourth-order valence-electron chi connectivity index (χ4n) is 9.54. The first-order valence-corrected chi connectivity index (χ1v) is 36.1. The highest BCUT2D eigenvalue weighted by Crippen LogP contribution is 2.40. The first kappa shape index (κ1) is 78.2. The van der Waals surface area contributed by atoms with Crippen LogP contribution in [0.5, 0.6) is 86.6 Å². The molecule has 4 heterocycles. The second-order valence-corrected chi connectivity index (χ2v) is 27.7. The quantitative estimate of drug-likeness (QED) is 0.0471. The lowest BCUT2D eigenvalue weighted by molar-refractivity contribution is 0.355. The van der Waals surface area contributed by atoms with Gasteiger partial charge in [0.25, 0.3) is 0 Å². The van der Waals surface area contributed by atoms with Crippen LogP contribution in [0.3, 0.4) is 0 Å². The number of nitrogens with one attached hydrogen (secondary N) is 1. The number of benzene rings is 8. The molecular weight excluding hydrogens is 1450 g/mol. The van der Waals surface area contributed by atoms with Gasteiger partial charge >= 0.3 is 0 Å². The Bertz CT molecular complexity index is 5340. The van der Waals surface area contributed by atoms with Crippen LogP contribution < -0.4 is 62.6 Å². The first-order valence-electron chi connectivity index (χ1n) is 31.8. The Balaban J connectivity index is 0.000000155. The summed E-state index contributed by atoms with van der Waals surface area (Å²) in [4.78, 5) is 33.4. The average molecular weight is 1520 g/mol. The number of aromatic hydroxyl groups is 1. The lowest BCUT2D eigenvalue weighted by Crippen LogP contribution is -2.26. The molecule has 2 saturated carbocycles. The second kappa shape index (κ2) is 37.0. The number of nitrogens with two attached hydrogens (primary N) is 1. The number of nitriles is 2. The smallest absolute Gasteiger partial charge is 0.235 e. The van der Waals surface area contributed by atoms with Crippen LogP contribution in [0, 0.1) is 22.7 Å². The van der Waals surface area contributed by atoms with E-state index in [1.165, 1.54) is 37.4 Å². The molecule has 2 aliphatic carbocycles. The van der Waals surface area contributed by atoms with Gasteiger partial charge in [0.1, 0.15) is 53.5 Å². The molecule has 2 fully saturated rings. The predicted octanol–water partition coefficient (Wildman–Crippen LogP) is 13.5. The van der Waals surface area contributed by atoms with E-state index < -0.39 is 19.1 Å². The molecular formula is C74H70Cl2N12O16S2. The number of phenolic OH excluding ortho intramolecular Hbond substituents is 1. The van der Waals surface area contributed by atoms with Gasteiger partial charge in [-0.25, -0.2) is 61.4 Å². The van der Waals surface area contributed by atoms with Gasteiger partial charge in [-0.05, 0) is 134 Å². The summed E-state index contributed by atoms with van der Waals surface area (Å²) in [5, 5.41) is 28.7. The highest BCUT2D eigenvalue weighted by Gasteiger charge is 2.35. The van der Waals surface area contributed by atoms with Gasteiger partial charge in [-0.3, -0.25) is 0 Å². The molecule has 548 valence electrons. The molecule has 0 aliphatic heterocycles. The van der Waals surface area contributed by atoms with Crippen molar-refractivity contribution in [3.05, 3.63) is 198 Å². The number of sulfonamides is 1. The van der Waals surface area contributed by atoms with E-state index in [0.29, 0.717) is 131 Å². The van der Waals surface area contributed by atoms with Gasteiger partial charge in [0.15, 0.2) is 46.0 Å². The van der Waals surface area contributed by atoms with Crippen LogP contribution in [-0.4, -0.2) is 129 Å². The molecule has 0 radical (unpaired) electrons. The molecule has 28 nitrogen and oxygen atoms in total. The number of rotatable bonds is 20. The van der Waals surface area contributed by atoms with E-state index in [4.69, 9.17) is 95.8 Å². The normalized spacial score (nSPS) is 12.0.